The van der Waals surface area contributed by atoms with Gasteiger partial charge in [0.15, 0.2) is 0 Å². The fourth-order valence-corrected chi connectivity index (χ4v) is 4.70. The minimum atomic E-state index is -4.72. The molecular formula is C23H24F3NO2. The number of benzene rings is 2. The van der Waals surface area contributed by atoms with Gasteiger partial charge in [-0.05, 0) is 54.6 Å². The Hall–Kier alpha value is -2.31. The molecule has 2 heterocycles. The van der Waals surface area contributed by atoms with Crippen molar-refractivity contribution in [3.8, 4) is 5.75 Å². The molecule has 1 N–H and O–H groups in total. The summed E-state index contributed by atoms with van der Waals surface area (Å²) in [7, 11) is 0. The molecule has 2 aromatic carbocycles. The number of nitrogens with one attached hydrogen (secondary N) is 1. The number of ether oxygens (including phenoxy) is 2. The van der Waals surface area contributed by atoms with Gasteiger partial charge >= 0.3 is 6.36 Å². The van der Waals surface area contributed by atoms with E-state index in [1.165, 1.54) is 17.7 Å². The van der Waals surface area contributed by atoms with Gasteiger partial charge < -0.3 is 14.8 Å². The van der Waals surface area contributed by atoms with E-state index in [9.17, 15) is 13.2 Å². The molecule has 0 radical (unpaired) electrons. The van der Waals surface area contributed by atoms with Crippen molar-refractivity contribution < 1.29 is 22.6 Å². The summed E-state index contributed by atoms with van der Waals surface area (Å²) in [5.41, 5.74) is 2.40. The van der Waals surface area contributed by atoms with E-state index < -0.39 is 6.36 Å². The van der Waals surface area contributed by atoms with E-state index >= 15 is 0 Å². The lowest BCUT2D eigenvalue weighted by Gasteiger charge is -2.41. The fourth-order valence-electron chi connectivity index (χ4n) is 4.70. The molecule has 0 bridgehead atoms. The zero-order valence-corrected chi connectivity index (χ0v) is 16.0. The monoisotopic (exact) mass is 403 g/mol. The Balaban J connectivity index is 1.63. The van der Waals surface area contributed by atoms with Gasteiger partial charge in [0.1, 0.15) is 5.75 Å². The van der Waals surface area contributed by atoms with Crippen LogP contribution in [0.3, 0.4) is 0 Å². The Morgan fingerprint density at radius 1 is 1.17 bits per heavy atom. The van der Waals surface area contributed by atoms with Gasteiger partial charge in [0.2, 0.25) is 0 Å². The molecule has 29 heavy (non-hydrogen) atoms. The molecule has 3 atom stereocenters. The van der Waals surface area contributed by atoms with Crippen molar-refractivity contribution in [3.63, 3.8) is 0 Å². The van der Waals surface area contributed by atoms with Gasteiger partial charge in [-0.1, -0.05) is 49.1 Å². The molecular weight excluding hydrogens is 379 g/mol. The summed E-state index contributed by atoms with van der Waals surface area (Å²) in [6, 6.07) is 14.7. The number of rotatable bonds is 4. The number of hydrogen-bond acceptors (Lipinski definition) is 3. The van der Waals surface area contributed by atoms with Gasteiger partial charge in [-0.15, -0.1) is 13.2 Å². The fraction of sp³-hybridized carbons (Fsp3) is 0.391. The first-order valence-corrected chi connectivity index (χ1v) is 9.85. The standard InChI is InChI=1S/C23H24F3NO2/c1-2-16-9-10-19(29-23(24,25)26)13-20(16)18-14-22(28-15-18)11-6-12-27-21(22)17-7-4-3-5-8-17/h2-5,7-10,13,18,21,27H,1,6,11-12,14-15H2/t18-,21+,22-/m1/s1. The van der Waals surface area contributed by atoms with Crippen LogP contribution in [0.5, 0.6) is 5.75 Å². The first-order valence-electron chi connectivity index (χ1n) is 9.85. The topological polar surface area (TPSA) is 30.5 Å². The smallest absolute Gasteiger partial charge is 0.406 e. The molecule has 1 spiro atoms. The maximum absolute atomic E-state index is 12.7. The molecule has 2 saturated heterocycles. The average Bonchev–Trinajstić information content (AvgIpc) is 3.12. The number of hydrogen-bond donors (Lipinski definition) is 1. The van der Waals surface area contributed by atoms with Crippen LogP contribution in [0.4, 0.5) is 13.2 Å². The van der Waals surface area contributed by atoms with Crippen LogP contribution in [0.1, 0.15) is 47.9 Å². The van der Waals surface area contributed by atoms with Gasteiger partial charge in [-0.2, -0.15) is 0 Å². The van der Waals surface area contributed by atoms with E-state index in [1.54, 1.807) is 12.1 Å². The molecule has 0 saturated carbocycles. The largest absolute Gasteiger partial charge is 0.573 e. The summed E-state index contributed by atoms with van der Waals surface area (Å²) >= 11 is 0. The lowest BCUT2D eigenvalue weighted by Crippen LogP contribution is -2.48. The minimum absolute atomic E-state index is 0.0223. The first-order chi connectivity index (χ1) is 13.9. The quantitative estimate of drug-likeness (QED) is 0.721. The highest BCUT2D eigenvalue weighted by Gasteiger charge is 2.49. The predicted octanol–water partition coefficient (Wildman–Crippen LogP) is 5.60. The summed E-state index contributed by atoms with van der Waals surface area (Å²) in [4.78, 5) is 0. The van der Waals surface area contributed by atoms with Crippen LogP contribution in [0, 0.1) is 0 Å². The van der Waals surface area contributed by atoms with Crippen molar-refractivity contribution in [3.05, 3.63) is 71.8 Å². The Kier molecular flexibility index (Phi) is 5.40. The molecule has 2 aliphatic heterocycles. The molecule has 0 aliphatic carbocycles. The van der Waals surface area contributed by atoms with Crippen LogP contribution in [0.25, 0.3) is 6.08 Å². The summed E-state index contributed by atoms with van der Waals surface area (Å²) in [5, 5.41) is 3.59. The highest BCUT2D eigenvalue weighted by Crippen LogP contribution is 2.49. The van der Waals surface area contributed by atoms with E-state index in [-0.39, 0.29) is 23.3 Å². The van der Waals surface area contributed by atoms with Crippen molar-refractivity contribution in [2.75, 3.05) is 13.2 Å². The second kappa shape index (κ2) is 7.84. The Morgan fingerprint density at radius 2 is 1.97 bits per heavy atom. The zero-order valence-electron chi connectivity index (χ0n) is 16.0. The second-order valence-electron chi connectivity index (χ2n) is 7.72. The Labute approximate surface area is 168 Å². The molecule has 3 nitrogen and oxygen atoms in total. The van der Waals surface area contributed by atoms with Crippen LogP contribution >= 0.6 is 0 Å². The highest BCUT2D eigenvalue weighted by molar-refractivity contribution is 5.55. The van der Waals surface area contributed by atoms with Crippen molar-refractivity contribution in [2.45, 2.75) is 43.2 Å². The summed E-state index contributed by atoms with van der Waals surface area (Å²) in [6.45, 7) is 5.20. The highest BCUT2D eigenvalue weighted by atomic mass is 19.4. The van der Waals surface area contributed by atoms with E-state index in [2.05, 4.69) is 28.8 Å². The van der Waals surface area contributed by atoms with Gasteiger partial charge in [0.05, 0.1) is 18.2 Å². The zero-order chi connectivity index (χ0) is 20.5. The average molecular weight is 403 g/mol. The molecule has 154 valence electrons. The number of halogens is 3. The van der Waals surface area contributed by atoms with Crippen LogP contribution in [-0.4, -0.2) is 25.1 Å². The maximum Gasteiger partial charge on any atom is 0.573 e. The minimum Gasteiger partial charge on any atom is -0.406 e. The van der Waals surface area contributed by atoms with E-state index in [1.807, 2.05) is 18.2 Å². The molecule has 2 aromatic rings. The predicted molar refractivity (Wildman–Crippen MR) is 106 cm³/mol. The molecule has 0 aromatic heterocycles. The summed E-state index contributed by atoms with van der Waals surface area (Å²) in [6.07, 6.45) is -0.396. The number of alkyl halides is 3. The van der Waals surface area contributed by atoms with E-state index in [4.69, 9.17) is 4.74 Å². The lowest BCUT2D eigenvalue weighted by molar-refractivity contribution is -0.274. The normalized spacial score (nSPS) is 27.1. The van der Waals surface area contributed by atoms with Crippen LogP contribution < -0.4 is 10.1 Å². The summed E-state index contributed by atoms with van der Waals surface area (Å²) < 4.78 is 48.6. The van der Waals surface area contributed by atoms with Crippen molar-refractivity contribution >= 4 is 6.08 Å². The maximum atomic E-state index is 12.7. The van der Waals surface area contributed by atoms with Crippen LogP contribution in [0.2, 0.25) is 0 Å². The molecule has 6 heteroatoms. The second-order valence-corrected chi connectivity index (χ2v) is 7.72. The van der Waals surface area contributed by atoms with Gasteiger partial charge in [0.25, 0.3) is 0 Å². The Morgan fingerprint density at radius 3 is 2.69 bits per heavy atom. The first kappa shape index (κ1) is 20.0. The molecule has 0 unspecified atom stereocenters. The van der Waals surface area contributed by atoms with Crippen LogP contribution in [0.15, 0.2) is 55.1 Å². The summed E-state index contributed by atoms with van der Waals surface area (Å²) in [5.74, 6) is -0.230. The van der Waals surface area contributed by atoms with Gasteiger partial charge in [0, 0.05) is 5.92 Å². The third kappa shape index (κ3) is 4.19. The van der Waals surface area contributed by atoms with Crippen molar-refractivity contribution in [1.82, 2.24) is 5.32 Å². The van der Waals surface area contributed by atoms with Gasteiger partial charge in [-0.25, -0.2) is 0 Å². The molecule has 2 fully saturated rings. The van der Waals surface area contributed by atoms with Crippen LogP contribution in [-0.2, 0) is 4.74 Å². The Bertz CT molecular complexity index is 868. The molecule has 4 rings (SSSR count). The van der Waals surface area contributed by atoms with E-state index in [0.717, 1.165) is 36.9 Å². The lowest BCUT2D eigenvalue weighted by atomic mass is 9.76. The van der Waals surface area contributed by atoms with Crippen molar-refractivity contribution in [2.24, 2.45) is 0 Å². The third-order valence-electron chi connectivity index (χ3n) is 5.90. The van der Waals surface area contributed by atoms with Crippen molar-refractivity contribution in [1.29, 1.82) is 0 Å². The van der Waals surface area contributed by atoms with E-state index in [0.29, 0.717) is 6.61 Å². The third-order valence-corrected chi connectivity index (χ3v) is 5.90. The SMILES string of the molecule is C=Cc1ccc(OC(F)(F)F)cc1[C@H]1CO[C@]2(CCCN[C@H]2c2ccccc2)C1. The molecule has 2 aliphatic rings. The van der Waals surface area contributed by atoms with Gasteiger partial charge in [-0.3, -0.25) is 0 Å². The molecule has 0 amide bonds. The number of piperidine rings is 1.